The summed E-state index contributed by atoms with van der Waals surface area (Å²) in [4.78, 5) is 0. The van der Waals surface area contributed by atoms with Gasteiger partial charge in [0, 0.05) is 5.82 Å². The molecule has 0 amide bonds. The number of hydrogen-bond acceptors (Lipinski definition) is 0. The van der Waals surface area contributed by atoms with E-state index in [1.165, 1.54) is 12.1 Å². The summed E-state index contributed by atoms with van der Waals surface area (Å²) >= 11 is 0. The lowest BCUT2D eigenvalue weighted by atomic mass is 10.2. The molecule has 1 rings (SSSR count). The van der Waals surface area contributed by atoms with E-state index in [9.17, 15) is 4.39 Å². The van der Waals surface area contributed by atoms with Gasteiger partial charge in [0.25, 0.3) is 0 Å². The van der Waals surface area contributed by atoms with Crippen LogP contribution in [0.15, 0.2) is 12.1 Å². The monoisotopic (exact) mass is 123 g/mol. The summed E-state index contributed by atoms with van der Waals surface area (Å²) in [6, 6.07) is 5.90. The molecule has 1 aromatic rings. The van der Waals surface area contributed by atoms with E-state index in [0.717, 1.165) is 11.1 Å². The SMILES string of the molecule is Cc1[c-]c(C)cc(F)c1. The Kier molecular flexibility index (Phi) is 1.52. The van der Waals surface area contributed by atoms with Gasteiger partial charge in [-0.3, -0.25) is 0 Å². The van der Waals surface area contributed by atoms with Crippen LogP contribution in [-0.2, 0) is 0 Å². The fourth-order valence-corrected chi connectivity index (χ4v) is 0.839. The topological polar surface area (TPSA) is 0 Å². The average molecular weight is 123 g/mol. The van der Waals surface area contributed by atoms with Crippen molar-refractivity contribution >= 4 is 0 Å². The van der Waals surface area contributed by atoms with E-state index in [1.807, 2.05) is 13.8 Å². The maximum absolute atomic E-state index is 12.4. The molecule has 0 N–H and O–H groups in total. The summed E-state index contributed by atoms with van der Waals surface area (Å²) in [6.07, 6.45) is 0. The van der Waals surface area contributed by atoms with Gasteiger partial charge >= 0.3 is 0 Å². The molecule has 0 aliphatic carbocycles. The Hall–Kier alpha value is -0.850. The number of benzene rings is 1. The van der Waals surface area contributed by atoms with Crippen LogP contribution < -0.4 is 0 Å². The molecule has 0 spiro atoms. The van der Waals surface area contributed by atoms with Crippen molar-refractivity contribution in [2.24, 2.45) is 0 Å². The predicted octanol–water partition coefficient (Wildman–Crippen LogP) is 2.24. The van der Waals surface area contributed by atoms with Gasteiger partial charge < -0.3 is 0 Å². The smallest absolute Gasteiger partial charge is 0.0156 e. The molecule has 0 nitrogen and oxygen atoms in total. The van der Waals surface area contributed by atoms with Gasteiger partial charge in [-0.2, -0.15) is 17.2 Å². The first-order chi connectivity index (χ1) is 4.18. The van der Waals surface area contributed by atoms with Crippen molar-refractivity contribution in [2.45, 2.75) is 13.8 Å². The van der Waals surface area contributed by atoms with E-state index in [-0.39, 0.29) is 5.82 Å². The standard InChI is InChI=1S/C8H8F/c1-6-3-7(2)5-8(9)4-6/h4-5H,1-2H3/q-1. The highest BCUT2D eigenvalue weighted by molar-refractivity contribution is 5.20. The van der Waals surface area contributed by atoms with Gasteiger partial charge in [-0.1, -0.05) is 13.8 Å². The molecule has 0 aromatic heterocycles. The zero-order valence-corrected chi connectivity index (χ0v) is 5.53. The molecule has 1 heteroatoms. The third kappa shape index (κ3) is 1.53. The molecule has 0 aliphatic heterocycles. The summed E-state index contributed by atoms with van der Waals surface area (Å²) in [7, 11) is 0. The third-order valence-electron chi connectivity index (χ3n) is 1.10. The van der Waals surface area contributed by atoms with Crippen molar-refractivity contribution in [1.29, 1.82) is 0 Å². The van der Waals surface area contributed by atoms with Crippen molar-refractivity contribution < 1.29 is 4.39 Å². The average Bonchev–Trinajstić information content (AvgIpc) is 1.59. The molecular weight excluding hydrogens is 115 g/mol. The second-order valence-corrected chi connectivity index (χ2v) is 2.16. The number of halogens is 1. The summed E-state index contributed by atoms with van der Waals surface area (Å²) in [5.74, 6) is -0.177. The van der Waals surface area contributed by atoms with Crippen LogP contribution in [0.2, 0.25) is 0 Å². The summed E-state index contributed by atoms with van der Waals surface area (Å²) in [6.45, 7) is 3.66. The molecule has 0 heterocycles. The van der Waals surface area contributed by atoms with Gasteiger partial charge in [-0.05, 0) is 0 Å². The lowest BCUT2D eigenvalue weighted by molar-refractivity contribution is 0.625. The molecular formula is C8H8F-. The van der Waals surface area contributed by atoms with Crippen molar-refractivity contribution in [1.82, 2.24) is 0 Å². The molecule has 0 saturated heterocycles. The van der Waals surface area contributed by atoms with E-state index in [2.05, 4.69) is 6.07 Å². The Labute approximate surface area is 54.3 Å². The lowest BCUT2D eigenvalue weighted by Gasteiger charge is -2.04. The predicted molar refractivity (Wildman–Crippen MR) is 34.7 cm³/mol. The molecule has 0 saturated carbocycles. The minimum Gasteiger partial charge on any atom is -0.236 e. The second kappa shape index (κ2) is 2.18. The zero-order chi connectivity index (χ0) is 6.85. The Morgan fingerprint density at radius 3 is 2.00 bits per heavy atom. The number of aryl methyl sites for hydroxylation is 2. The van der Waals surface area contributed by atoms with Gasteiger partial charge in [-0.25, -0.2) is 4.39 Å². The normalized spacial score (nSPS) is 9.67. The molecule has 0 radical (unpaired) electrons. The van der Waals surface area contributed by atoms with E-state index >= 15 is 0 Å². The minimum absolute atomic E-state index is 0.177. The Morgan fingerprint density at radius 1 is 1.22 bits per heavy atom. The fraction of sp³-hybridized carbons (Fsp3) is 0.250. The molecule has 0 aliphatic rings. The van der Waals surface area contributed by atoms with Crippen molar-refractivity contribution in [3.63, 3.8) is 0 Å². The van der Waals surface area contributed by atoms with Crippen LogP contribution in [0.25, 0.3) is 0 Å². The minimum atomic E-state index is -0.177. The van der Waals surface area contributed by atoms with Gasteiger partial charge in [0.15, 0.2) is 0 Å². The Bertz CT molecular complexity index is 165. The Morgan fingerprint density at radius 2 is 1.67 bits per heavy atom. The van der Waals surface area contributed by atoms with E-state index in [1.54, 1.807) is 0 Å². The first-order valence-electron chi connectivity index (χ1n) is 2.84. The van der Waals surface area contributed by atoms with E-state index < -0.39 is 0 Å². The van der Waals surface area contributed by atoms with Crippen LogP contribution in [-0.4, -0.2) is 0 Å². The molecule has 0 unspecified atom stereocenters. The third-order valence-corrected chi connectivity index (χ3v) is 1.10. The molecule has 0 atom stereocenters. The van der Waals surface area contributed by atoms with Crippen LogP contribution >= 0.6 is 0 Å². The van der Waals surface area contributed by atoms with Gasteiger partial charge in [0.2, 0.25) is 0 Å². The van der Waals surface area contributed by atoms with Gasteiger partial charge in [0.05, 0.1) is 0 Å². The first kappa shape index (κ1) is 6.27. The molecule has 9 heavy (non-hydrogen) atoms. The Balaban J connectivity index is 3.17. The number of rotatable bonds is 0. The first-order valence-corrected chi connectivity index (χ1v) is 2.84. The number of hydrogen-bond donors (Lipinski definition) is 0. The largest absolute Gasteiger partial charge is 0.236 e. The molecule has 0 fully saturated rings. The highest BCUT2D eigenvalue weighted by Crippen LogP contribution is 2.04. The van der Waals surface area contributed by atoms with Crippen molar-refractivity contribution in [2.75, 3.05) is 0 Å². The van der Waals surface area contributed by atoms with E-state index in [0.29, 0.717) is 0 Å². The summed E-state index contributed by atoms with van der Waals surface area (Å²) < 4.78 is 12.4. The lowest BCUT2D eigenvalue weighted by Crippen LogP contribution is -1.80. The van der Waals surface area contributed by atoms with Crippen LogP contribution in [0.3, 0.4) is 0 Å². The second-order valence-electron chi connectivity index (χ2n) is 2.16. The quantitative estimate of drug-likeness (QED) is 0.464. The molecule has 0 bridgehead atoms. The highest BCUT2D eigenvalue weighted by atomic mass is 19.1. The van der Waals surface area contributed by atoms with E-state index in [4.69, 9.17) is 0 Å². The maximum Gasteiger partial charge on any atom is 0.0156 e. The maximum atomic E-state index is 12.4. The summed E-state index contributed by atoms with van der Waals surface area (Å²) in [5.41, 5.74) is 1.71. The molecule has 1 aromatic carbocycles. The van der Waals surface area contributed by atoms with Crippen LogP contribution in [0.4, 0.5) is 4.39 Å². The fourth-order valence-electron chi connectivity index (χ4n) is 0.839. The van der Waals surface area contributed by atoms with Crippen molar-refractivity contribution in [3.05, 3.63) is 35.1 Å². The highest BCUT2D eigenvalue weighted by Gasteiger charge is 1.80. The van der Waals surface area contributed by atoms with Gasteiger partial charge in [0.1, 0.15) is 0 Å². The van der Waals surface area contributed by atoms with Crippen LogP contribution in [0.5, 0.6) is 0 Å². The summed E-state index contributed by atoms with van der Waals surface area (Å²) in [5, 5.41) is 0. The van der Waals surface area contributed by atoms with Crippen LogP contribution in [0, 0.1) is 25.7 Å². The van der Waals surface area contributed by atoms with Crippen LogP contribution in [0.1, 0.15) is 11.1 Å². The molecule has 48 valence electrons. The van der Waals surface area contributed by atoms with Gasteiger partial charge in [-0.15, -0.1) is 12.1 Å². The zero-order valence-electron chi connectivity index (χ0n) is 5.53. The van der Waals surface area contributed by atoms with Crippen molar-refractivity contribution in [3.8, 4) is 0 Å².